The molecule has 0 bridgehead atoms. The lowest BCUT2D eigenvalue weighted by Gasteiger charge is -2.01. The molecule has 0 aromatic carbocycles. The molecule has 1 atom stereocenters. The lowest BCUT2D eigenvalue weighted by molar-refractivity contribution is 0.720. The van der Waals surface area contributed by atoms with Crippen LogP contribution >= 0.6 is 0 Å². The zero-order valence-electron chi connectivity index (χ0n) is 6.52. The molecule has 0 radical (unpaired) electrons. The molecular weight excluding hydrogens is 122 g/mol. The van der Waals surface area contributed by atoms with Gasteiger partial charge in [0.05, 0.1) is 5.71 Å². The van der Waals surface area contributed by atoms with Crippen molar-refractivity contribution in [3.63, 3.8) is 0 Å². The Labute approximate surface area is 62.0 Å². The van der Waals surface area contributed by atoms with Gasteiger partial charge in [0.1, 0.15) is 0 Å². The molecule has 0 aromatic rings. The van der Waals surface area contributed by atoms with Crippen molar-refractivity contribution in [2.45, 2.75) is 20.3 Å². The van der Waals surface area contributed by atoms with Crippen LogP contribution in [0.15, 0.2) is 23.8 Å². The van der Waals surface area contributed by atoms with Gasteiger partial charge in [-0.1, -0.05) is 18.6 Å². The van der Waals surface area contributed by atoms with Crippen molar-refractivity contribution < 1.29 is 0 Å². The smallest absolute Gasteiger partial charge is 0.0536 e. The lowest BCUT2D eigenvalue weighted by atomic mass is 10.0. The molecule has 10 heavy (non-hydrogen) atoms. The summed E-state index contributed by atoms with van der Waals surface area (Å²) in [5.41, 5.74) is 1.93. The van der Waals surface area contributed by atoms with Crippen molar-refractivity contribution in [1.82, 2.24) is 0 Å². The maximum Gasteiger partial charge on any atom is 0.0536 e. The van der Waals surface area contributed by atoms with E-state index in [0.29, 0.717) is 11.6 Å². The van der Waals surface area contributed by atoms with Gasteiger partial charge in [-0.2, -0.15) is 0 Å². The summed E-state index contributed by atoms with van der Waals surface area (Å²) in [6, 6.07) is 0. The van der Waals surface area contributed by atoms with E-state index in [9.17, 15) is 0 Å². The van der Waals surface area contributed by atoms with E-state index in [-0.39, 0.29) is 0 Å². The molecule has 0 fully saturated rings. The number of rotatable bonds is 0. The fourth-order valence-electron chi connectivity index (χ4n) is 1.22. The van der Waals surface area contributed by atoms with Gasteiger partial charge in [-0.3, -0.25) is 0 Å². The van der Waals surface area contributed by atoms with Crippen LogP contribution in [0.25, 0.3) is 0 Å². The van der Waals surface area contributed by atoms with Crippen molar-refractivity contribution in [2.75, 3.05) is 0 Å². The quantitative estimate of drug-likeness (QED) is 0.528. The summed E-state index contributed by atoms with van der Waals surface area (Å²) in [7, 11) is 0. The minimum Gasteiger partial charge on any atom is -0.301 e. The average molecular weight is 135 g/mol. The summed E-state index contributed by atoms with van der Waals surface area (Å²) >= 11 is 0. The summed E-state index contributed by atoms with van der Waals surface area (Å²) < 4.78 is 0. The maximum absolute atomic E-state index is 7.39. The van der Waals surface area contributed by atoms with Gasteiger partial charge in [0.2, 0.25) is 0 Å². The molecule has 1 aliphatic carbocycles. The van der Waals surface area contributed by atoms with Gasteiger partial charge in [-0.15, -0.1) is 0 Å². The van der Waals surface area contributed by atoms with E-state index in [1.54, 1.807) is 0 Å². The fourth-order valence-corrected chi connectivity index (χ4v) is 1.22. The largest absolute Gasteiger partial charge is 0.301 e. The van der Waals surface area contributed by atoms with E-state index >= 15 is 0 Å². The molecule has 1 unspecified atom stereocenters. The molecule has 1 aliphatic rings. The Bertz CT molecular complexity index is 199. The average Bonchev–Trinajstić information content (AvgIpc) is 1.93. The van der Waals surface area contributed by atoms with Gasteiger partial charge >= 0.3 is 0 Å². The molecule has 0 saturated carbocycles. The predicted molar refractivity (Wildman–Crippen MR) is 44.4 cm³/mol. The second-order valence-electron chi connectivity index (χ2n) is 2.99. The second-order valence-corrected chi connectivity index (χ2v) is 2.99. The monoisotopic (exact) mass is 135 g/mol. The molecule has 0 heterocycles. The van der Waals surface area contributed by atoms with E-state index in [0.717, 1.165) is 6.42 Å². The van der Waals surface area contributed by atoms with Gasteiger partial charge in [-0.05, 0) is 31.4 Å². The zero-order valence-corrected chi connectivity index (χ0v) is 6.52. The molecule has 0 aliphatic heterocycles. The highest BCUT2D eigenvalue weighted by molar-refractivity contribution is 6.02. The van der Waals surface area contributed by atoms with Gasteiger partial charge in [-0.25, -0.2) is 0 Å². The third-order valence-corrected chi connectivity index (χ3v) is 1.65. The summed E-state index contributed by atoms with van der Waals surface area (Å²) in [4.78, 5) is 0. The van der Waals surface area contributed by atoms with Crippen LogP contribution in [0.2, 0.25) is 0 Å². The first kappa shape index (κ1) is 7.26. The minimum atomic E-state index is 0.596. The fraction of sp³-hybridized carbons (Fsp3) is 0.444. The molecule has 1 rings (SSSR count). The topological polar surface area (TPSA) is 23.9 Å². The van der Waals surface area contributed by atoms with Crippen LogP contribution in [-0.2, 0) is 0 Å². The summed E-state index contributed by atoms with van der Waals surface area (Å²) in [6.07, 6.45) is 7.00. The molecule has 1 N–H and O–H groups in total. The van der Waals surface area contributed by atoms with Gasteiger partial charge in [0.15, 0.2) is 0 Å². The SMILES string of the molecule is CC1=CC(=N)C=CC(C)C1. The van der Waals surface area contributed by atoms with Gasteiger partial charge < -0.3 is 5.41 Å². The van der Waals surface area contributed by atoms with Crippen LogP contribution in [0.4, 0.5) is 0 Å². The maximum atomic E-state index is 7.39. The highest BCUT2D eigenvalue weighted by Gasteiger charge is 2.02. The molecular formula is C9H13N. The second kappa shape index (κ2) is 2.82. The minimum absolute atomic E-state index is 0.596. The van der Waals surface area contributed by atoms with Gasteiger partial charge in [0.25, 0.3) is 0 Å². The van der Waals surface area contributed by atoms with E-state index in [1.165, 1.54) is 5.57 Å². The molecule has 0 aromatic heterocycles. The zero-order chi connectivity index (χ0) is 7.56. The normalized spacial score (nSPS) is 26.0. The Morgan fingerprint density at radius 2 is 2.30 bits per heavy atom. The standard InChI is InChI=1S/C9H13N/c1-7-3-4-9(10)6-8(2)5-7/h3-4,6-7,10H,5H2,1-2H3. The molecule has 0 amide bonds. The molecule has 1 heteroatoms. The third kappa shape index (κ3) is 1.83. The number of hydrogen-bond acceptors (Lipinski definition) is 1. The van der Waals surface area contributed by atoms with Crippen LogP contribution in [0.5, 0.6) is 0 Å². The summed E-state index contributed by atoms with van der Waals surface area (Å²) in [5, 5.41) is 7.39. The predicted octanol–water partition coefficient (Wildman–Crippen LogP) is 2.55. The Morgan fingerprint density at radius 3 is 3.00 bits per heavy atom. The van der Waals surface area contributed by atoms with E-state index in [4.69, 9.17) is 5.41 Å². The first-order valence-corrected chi connectivity index (χ1v) is 3.62. The van der Waals surface area contributed by atoms with Crippen LogP contribution in [0.3, 0.4) is 0 Å². The van der Waals surface area contributed by atoms with Crippen LogP contribution in [0.1, 0.15) is 20.3 Å². The van der Waals surface area contributed by atoms with Crippen molar-refractivity contribution in [3.05, 3.63) is 23.8 Å². The number of allylic oxidation sites excluding steroid dienone is 4. The molecule has 0 saturated heterocycles. The van der Waals surface area contributed by atoms with Crippen LogP contribution in [0, 0.1) is 11.3 Å². The number of nitrogens with one attached hydrogen (secondary N) is 1. The first-order chi connectivity index (χ1) is 4.68. The summed E-state index contributed by atoms with van der Waals surface area (Å²) in [6.45, 7) is 4.25. The Kier molecular flexibility index (Phi) is 2.05. The Morgan fingerprint density at radius 1 is 1.60 bits per heavy atom. The van der Waals surface area contributed by atoms with Crippen molar-refractivity contribution in [3.8, 4) is 0 Å². The van der Waals surface area contributed by atoms with E-state index in [1.807, 2.05) is 12.2 Å². The number of hydrogen-bond donors (Lipinski definition) is 1. The molecule has 54 valence electrons. The van der Waals surface area contributed by atoms with E-state index in [2.05, 4.69) is 19.9 Å². The molecule has 1 nitrogen and oxygen atoms in total. The van der Waals surface area contributed by atoms with E-state index < -0.39 is 0 Å². The lowest BCUT2D eigenvalue weighted by Crippen LogP contribution is -1.87. The van der Waals surface area contributed by atoms with Crippen molar-refractivity contribution in [2.24, 2.45) is 5.92 Å². The highest BCUT2D eigenvalue weighted by Crippen LogP contribution is 2.15. The van der Waals surface area contributed by atoms with Crippen LogP contribution < -0.4 is 0 Å². The highest BCUT2D eigenvalue weighted by atomic mass is 14.4. The molecule has 0 spiro atoms. The van der Waals surface area contributed by atoms with Crippen LogP contribution in [-0.4, -0.2) is 5.71 Å². The first-order valence-electron chi connectivity index (χ1n) is 3.62. The Balaban J connectivity index is 2.79. The summed E-state index contributed by atoms with van der Waals surface area (Å²) in [5.74, 6) is 0.596. The Hall–Kier alpha value is -0.850. The van der Waals surface area contributed by atoms with Crippen molar-refractivity contribution >= 4 is 5.71 Å². The third-order valence-electron chi connectivity index (χ3n) is 1.65. The van der Waals surface area contributed by atoms with Crippen molar-refractivity contribution in [1.29, 1.82) is 5.41 Å². The van der Waals surface area contributed by atoms with Gasteiger partial charge in [0, 0.05) is 0 Å².